The summed E-state index contributed by atoms with van der Waals surface area (Å²) in [6, 6.07) is 19.3. The Kier molecular flexibility index (Phi) is 10.1. The minimum atomic E-state index is -0.776. The van der Waals surface area contributed by atoms with Crippen molar-refractivity contribution >= 4 is 34.0 Å². The number of carbonyl (C=O) groups excluding carboxylic acids is 2. The average Bonchev–Trinajstić information content (AvgIpc) is 2.91. The van der Waals surface area contributed by atoms with Crippen molar-refractivity contribution in [1.82, 2.24) is 10.7 Å². The minimum Gasteiger partial charge on any atom is -0.497 e. The summed E-state index contributed by atoms with van der Waals surface area (Å²) in [4.78, 5) is 25.4. The average molecular weight is 568 g/mol. The fraction of sp³-hybridized carbons (Fsp3) is 0.250. The van der Waals surface area contributed by atoms with E-state index >= 15 is 0 Å². The molecule has 9 heteroatoms. The van der Waals surface area contributed by atoms with E-state index in [4.69, 9.17) is 14.2 Å². The van der Waals surface area contributed by atoms with Crippen LogP contribution in [0.1, 0.15) is 35.3 Å². The highest BCUT2D eigenvalue weighted by atomic mass is 79.9. The van der Waals surface area contributed by atoms with Crippen LogP contribution in [-0.4, -0.2) is 38.3 Å². The smallest absolute Gasteiger partial charge is 0.262 e. The van der Waals surface area contributed by atoms with Crippen molar-refractivity contribution in [2.75, 3.05) is 14.2 Å². The van der Waals surface area contributed by atoms with Crippen LogP contribution in [-0.2, 0) is 11.4 Å². The van der Waals surface area contributed by atoms with Gasteiger partial charge in [-0.2, -0.15) is 5.10 Å². The third-order valence-electron chi connectivity index (χ3n) is 5.45. The number of amides is 2. The molecule has 37 heavy (non-hydrogen) atoms. The molecule has 0 fully saturated rings. The first-order chi connectivity index (χ1) is 17.8. The van der Waals surface area contributed by atoms with Gasteiger partial charge >= 0.3 is 0 Å². The van der Waals surface area contributed by atoms with Crippen molar-refractivity contribution < 1.29 is 23.8 Å². The predicted molar refractivity (Wildman–Crippen MR) is 146 cm³/mol. The van der Waals surface area contributed by atoms with Crippen molar-refractivity contribution in [2.45, 2.75) is 26.5 Å². The van der Waals surface area contributed by atoms with Crippen LogP contribution < -0.4 is 25.0 Å². The molecule has 0 aromatic heterocycles. The molecule has 1 atom stereocenters. The summed E-state index contributed by atoms with van der Waals surface area (Å²) < 4.78 is 17.2. The summed E-state index contributed by atoms with van der Waals surface area (Å²) in [7, 11) is 3.11. The fourth-order valence-corrected chi connectivity index (χ4v) is 4.00. The molecular weight excluding hydrogens is 538 g/mol. The van der Waals surface area contributed by atoms with E-state index in [1.807, 2.05) is 50.2 Å². The van der Waals surface area contributed by atoms with Crippen molar-refractivity contribution in [3.8, 4) is 17.2 Å². The number of nitrogens with zero attached hydrogens (tertiary/aromatic N) is 1. The van der Waals surface area contributed by atoms with Gasteiger partial charge in [0.05, 0.1) is 24.9 Å². The Balaban J connectivity index is 1.64. The Hall–Kier alpha value is -3.85. The number of ether oxygens (including phenoxy) is 3. The van der Waals surface area contributed by atoms with Crippen LogP contribution >= 0.6 is 15.9 Å². The second-order valence-corrected chi connectivity index (χ2v) is 9.32. The number of hydrogen-bond donors (Lipinski definition) is 2. The molecule has 0 spiro atoms. The van der Waals surface area contributed by atoms with E-state index in [1.165, 1.54) is 6.21 Å². The Bertz CT molecular complexity index is 1230. The van der Waals surface area contributed by atoms with Crippen LogP contribution in [0.4, 0.5) is 0 Å². The molecule has 3 aromatic rings. The number of hydrogen-bond acceptors (Lipinski definition) is 6. The molecule has 8 nitrogen and oxygen atoms in total. The van der Waals surface area contributed by atoms with Gasteiger partial charge in [0, 0.05) is 5.56 Å². The summed E-state index contributed by atoms with van der Waals surface area (Å²) in [5.41, 5.74) is 4.65. The van der Waals surface area contributed by atoms with Gasteiger partial charge < -0.3 is 19.5 Å². The van der Waals surface area contributed by atoms with Crippen LogP contribution in [0.2, 0.25) is 0 Å². The molecule has 0 bridgehead atoms. The maximum Gasteiger partial charge on any atom is 0.262 e. The Labute approximate surface area is 225 Å². The van der Waals surface area contributed by atoms with Crippen molar-refractivity contribution in [1.29, 1.82) is 0 Å². The first kappa shape index (κ1) is 27.7. The lowest BCUT2D eigenvalue weighted by Gasteiger charge is -2.20. The van der Waals surface area contributed by atoms with Crippen LogP contribution in [0.15, 0.2) is 76.3 Å². The Morgan fingerprint density at radius 2 is 1.70 bits per heavy atom. The van der Waals surface area contributed by atoms with Gasteiger partial charge in [0.25, 0.3) is 11.8 Å². The van der Waals surface area contributed by atoms with Crippen molar-refractivity contribution in [2.24, 2.45) is 11.0 Å². The Morgan fingerprint density at radius 1 is 1.00 bits per heavy atom. The van der Waals surface area contributed by atoms with Gasteiger partial charge in [0.2, 0.25) is 0 Å². The van der Waals surface area contributed by atoms with Crippen LogP contribution in [0, 0.1) is 5.92 Å². The molecular formula is C28H30BrN3O5. The highest BCUT2D eigenvalue weighted by molar-refractivity contribution is 9.10. The van der Waals surface area contributed by atoms with E-state index in [-0.39, 0.29) is 11.8 Å². The number of methoxy groups -OCH3 is 2. The molecule has 2 amide bonds. The molecule has 0 saturated heterocycles. The zero-order valence-corrected chi connectivity index (χ0v) is 22.7. The molecule has 0 aliphatic carbocycles. The quantitative estimate of drug-likeness (QED) is 0.252. The standard InChI is InChI=1S/C28H30BrN3O5/c1-18(2)25(31-27(33)21-10-12-22(35-3)13-11-21)28(34)32-30-16-20-14-23(29)26(24(15-20)36-4)37-17-19-8-6-5-7-9-19/h5-16,18,25H,17H2,1-4H3,(H,31,33)(H,32,34). The van der Waals surface area contributed by atoms with Gasteiger partial charge in [-0.15, -0.1) is 0 Å². The molecule has 2 N–H and O–H groups in total. The highest BCUT2D eigenvalue weighted by Crippen LogP contribution is 2.36. The van der Waals surface area contributed by atoms with E-state index < -0.39 is 11.9 Å². The van der Waals surface area contributed by atoms with E-state index in [1.54, 1.807) is 44.6 Å². The molecule has 0 aliphatic rings. The Morgan fingerprint density at radius 3 is 2.32 bits per heavy atom. The third kappa shape index (κ3) is 7.82. The fourth-order valence-electron chi connectivity index (χ4n) is 3.43. The van der Waals surface area contributed by atoms with Crippen LogP contribution in [0.3, 0.4) is 0 Å². The summed E-state index contributed by atoms with van der Waals surface area (Å²) in [5, 5.41) is 6.85. The lowest BCUT2D eigenvalue weighted by atomic mass is 10.0. The monoisotopic (exact) mass is 567 g/mol. The largest absolute Gasteiger partial charge is 0.497 e. The van der Waals surface area contributed by atoms with Gasteiger partial charge in [0.15, 0.2) is 11.5 Å². The molecule has 0 aliphatic heterocycles. The summed E-state index contributed by atoms with van der Waals surface area (Å²) in [6.07, 6.45) is 1.49. The number of rotatable bonds is 11. The van der Waals surface area contributed by atoms with Crippen LogP contribution in [0.5, 0.6) is 17.2 Å². The van der Waals surface area contributed by atoms with E-state index in [2.05, 4.69) is 31.8 Å². The number of halogens is 1. The lowest BCUT2D eigenvalue weighted by molar-refractivity contribution is -0.123. The molecule has 0 heterocycles. The topological polar surface area (TPSA) is 98.2 Å². The van der Waals surface area contributed by atoms with Gasteiger partial charge in [-0.1, -0.05) is 44.2 Å². The molecule has 194 valence electrons. The number of nitrogens with one attached hydrogen (secondary N) is 2. The first-order valence-corrected chi connectivity index (χ1v) is 12.4. The van der Waals surface area contributed by atoms with Gasteiger partial charge in [-0.25, -0.2) is 5.43 Å². The van der Waals surface area contributed by atoms with E-state index in [0.29, 0.717) is 39.5 Å². The van der Waals surface area contributed by atoms with Gasteiger partial charge in [0.1, 0.15) is 18.4 Å². The molecule has 0 radical (unpaired) electrons. The number of benzene rings is 3. The lowest BCUT2D eigenvalue weighted by Crippen LogP contribution is -2.48. The van der Waals surface area contributed by atoms with Crippen molar-refractivity contribution in [3.05, 3.63) is 87.9 Å². The second-order valence-electron chi connectivity index (χ2n) is 8.47. The zero-order chi connectivity index (χ0) is 26.8. The maximum absolute atomic E-state index is 12.8. The number of hydrazone groups is 1. The normalized spacial score (nSPS) is 11.7. The molecule has 3 aromatic carbocycles. The van der Waals surface area contributed by atoms with Crippen molar-refractivity contribution in [3.63, 3.8) is 0 Å². The highest BCUT2D eigenvalue weighted by Gasteiger charge is 2.24. The van der Waals surface area contributed by atoms with E-state index in [9.17, 15) is 9.59 Å². The van der Waals surface area contributed by atoms with E-state index in [0.717, 1.165) is 5.56 Å². The molecule has 1 unspecified atom stereocenters. The SMILES string of the molecule is COc1ccc(C(=O)NC(C(=O)NN=Cc2cc(Br)c(OCc3ccccc3)c(OC)c2)C(C)C)cc1. The molecule has 0 saturated carbocycles. The maximum atomic E-state index is 12.8. The zero-order valence-electron chi connectivity index (χ0n) is 21.2. The van der Waals surface area contributed by atoms with Crippen LogP contribution in [0.25, 0.3) is 0 Å². The minimum absolute atomic E-state index is 0.160. The van der Waals surface area contributed by atoms with Gasteiger partial charge in [-0.05, 0) is 69.4 Å². The van der Waals surface area contributed by atoms with Gasteiger partial charge in [-0.3, -0.25) is 9.59 Å². The number of carbonyl (C=O) groups is 2. The third-order valence-corrected chi connectivity index (χ3v) is 6.04. The summed E-state index contributed by atoms with van der Waals surface area (Å²) >= 11 is 3.52. The first-order valence-electron chi connectivity index (χ1n) is 11.6. The molecule has 3 rings (SSSR count). The predicted octanol–water partition coefficient (Wildman–Crippen LogP) is 4.95. The summed E-state index contributed by atoms with van der Waals surface area (Å²) in [6.45, 7) is 4.08. The summed E-state index contributed by atoms with van der Waals surface area (Å²) in [5.74, 6) is 0.775. The second kappa shape index (κ2) is 13.5.